The number of benzene rings is 2. The minimum Gasteiger partial charge on any atom is -0.480 e. The van der Waals surface area contributed by atoms with E-state index in [2.05, 4.69) is 0 Å². The summed E-state index contributed by atoms with van der Waals surface area (Å²) >= 11 is -0.985. The molecule has 26 heavy (non-hydrogen) atoms. The maximum Gasteiger partial charge on any atom is 0.327 e. The minimum absolute atomic E-state index is 0.0596. The van der Waals surface area contributed by atoms with Crippen LogP contribution in [0, 0.1) is 5.92 Å². The molecule has 0 spiro atoms. The van der Waals surface area contributed by atoms with Gasteiger partial charge in [-0.05, 0) is 42.7 Å². The van der Waals surface area contributed by atoms with Crippen molar-refractivity contribution < 1.29 is 23.4 Å². The van der Waals surface area contributed by atoms with Crippen molar-refractivity contribution in [1.82, 2.24) is 0 Å². The van der Waals surface area contributed by atoms with Gasteiger partial charge in [-0.15, -0.1) is 0 Å². The summed E-state index contributed by atoms with van der Waals surface area (Å²) in [6, 6.07) is 11.5. The van der Waals surface area contributed by atoms with Crippen molar-refractivity contribution in [2.24, 2.45) is 5.92 Å². The van der Waals surface area contributed by atoms with Gasteiger partial charge in [-0.1, -0.05) is 37.7 Å². The average Bonchev–Trinajstić information content (AvgIpc) is 2.58. The first-order chi connectivity index (χ1) is 12.4. The normalized spacial score (nSPS) is 14.8. The lowest BCUT2D eigenvalue weighted by atomic mass is 10.0. The minimum atomic E-state index is -2.46. The molecule has 0 aliphatic carbocycles. The molecule has 1 aliphatic rings. The number of fused-ring (bicyclic) bond motifs is 2. The molecule has 1 aliphatic heterocycles. The summed E-state index contributed by atoms with van der Waals surface area (Å²) in [6.07, 6.45) is 0.255. The van der Waals surface area contributed by atoms with E-state index >= 15 is 0 Å². The Morgan fingerprint density at radius 1 is 1.19 bits per heavy atom. The topological polar surface area (TPSA) is 87.1 Å². The van der Waals surface area contributed by atoms with Crippen molar-refractivity contribution in [1.29, 1.82) is 0 Å². The van der Waals surface area contributed by atoms with Crippen molar-refractivity contribution in [3.05, 3.63) is 42.5 Å². The zero-order chi connectivity index (χ0) is 18.8. The van der Waals surface area contributed by atoms with E-state index in [1.165, 1.54) is 11.8 Å². The molecule has 2 unspecified atom stereocenters. The van der Waals surface area contributed by atoms with Gasteiger partial charge in [0.1, 0.15) is 17.5 Å². The molecule has 1 heterocycles. The molecular weight excluding hydrogens is 374 g/mol. The van der Waals surface area contributed by atoms with Crippen molar-refractivity contribution in [2.75, 3.05) is 4.31 Å². The van der Waals surface area contributed by atoms with Crippen LogP contribution in [0.15, 0.2) is 52.3 Å². The fourth-order valence-corrected chi connectivity index (χ4v) is 4.45. The molecule has 0 radical (unpaired) electrons. The van der Waals surface area contributed by atoms with E-state index in [0.717, 1.165) is 19.8 Å². The summed E-state index contributed by atoms with van der Waals surface area (Å²) in [7, 11) is 0. The largest absolute Gasteiger partial charge is 0.480 e. The molecule has 6 nitrogen and oxygen atoms in total. The molecule has 138 valence electrons. The number of hydrogen-bond donors (Lipinski definition) is 2. The molecule has 0 saturated heterocycles. The summed E-state index contributed by atoms with van der Waals surface area (Å²) in [4.78, 5) is 13.4. The molecule has 2 N–H and O–H groups in total. The Labute approximate surface area is 158 Å². The van der Waals surface area contributed by atoms with Gasteiger partial charge in [0.05, 0.1) is 15.5 Å². The SMILES string of the molecule is CC(C)CC(C(=O)O)N(c1ccc2c(c1)Sc1ccccc1O2)S(=O)O. The monoisotopic (exact) mass is 393 g/mol. The van der Waals surface area contributed by atoms with Gasteiger partial charge < -0.3 is 9.84 Å². The number of ether oxygens (including phenoxy) is 1. The maximum atomic E-state index is 11.9. The van der Waals surface area contributed by atoms with E-state index < -0.39 is 23.3 Å². The third-order valence-electron chi connectivity index (χ3n) is 3.90. The second-order valence-electron chi connectivity index (χ2n) is 6.32. The molecule has 3 rings (SSSR count). The zero-order valence-corrected chi connectivity index (χ0v) is 15.9. The number of anilines is 1. The lowest BCUT2D eigenvalue weighted by Gasteiger charge is -2.29. The Morgan fingerprint density at radius 3 is 2.54 bits per heavy atom. The van der Waals surface area contributed by atoms with Gasteiger partial charge in [-0.25, -0.2) is 9.00 Å². The molecule has 0 saturated carbocycles. The van der Waals surface area contributed by atoms with Crippen LogP contribution in [0.5, 0.6) is 11.5 Å². The third-order valence-corrected chi connectivity index (χ3v) is 5.80. The summed E-state index contributed by atoms with van der Waals surface area (Å²) < 4.78 is 28.6. The Kier molecular flexibility index (Phi) is 5.55. The number of rotatable bonds is 6. The molecule has 8 heteroatoms. The lowest BCUT2D eigenvalue weighted by molar-refractivity contribution is -0.138. The van der Waals surface area contributed by atoms with E-state index in [4.69, 9.17) is 4.74 Å². The number of hydrogen-bond acceptors (Lipinski definition) is 4. The number of para-hydroxylation sites is 1. The van der Waals surface area contributed by atoms with Gasteiger partial charge in [0.15, 0.2) is 0 Å². The van der Waals surface area contributed by atoms with Gasteiger partial charge >= 0.3 is 5.97 Å². The molecule has 0 fully saturated rings. The number of carboxylic acids is 1. The van der Waals surface area contributed by atoms with Crippen molar-refractivity contribution in [3.8, 4) is 11.5 Å². The van der Waals surface area contributed by atoms with Crippen LogP contribution in [0.2, 0.25) is 0 Å². The average molecular weight is 393 g/mol. The number of aliphatic carboxylic acids is 1. The van der Waals surface area contributed by atoms with Crippen LogP contribution in [-0.2, 0) is 16.1 Å². The van der Waals surface area contributed by atoms with Crippen LogP contribution < -0.4 is 9.04 Å². The van der Waals surface area contributed by atoms with Gasteiger partial charge in [0.2, 0.25) is 0 Å². The highest BCUT2D eigenvalue weighted by Crippen LogP contribution is 2.48. The summed E-state index contributed by atoms with van der Waals surface area (Å²) in [6.45, 7) is 3.75. The van der Waals surface area contributed by atoms with Crippen LogP contribution in [-0.4, -0.2) is 25.9 Å². The van der Waals surface area contributed by atoms with E-state index in [1.807, 2.05) is 38.1 Å². The number of carboxylic acid groups (broad SMARTS) is 1. The lowest BCUT2D eigenvalue weighted by Crippen LogP contribution is -2.43. The smallest absolute Gasteiger partial charge is 0.327 e. The van der Waals surface area contributed by atoms with Crippen LogP contribution in [0.3, 0.4) is 0 Å². The highest BCUT2D eigenvalue weighted by Gasteiger charge is 2.31. The molecular formula is C18H19NO5S2. The zero-order valence-electron chi connectivity index (χ0n) is 14.3. The van der Waals surface area contributed by atoms with Crippen LogP contribution in [0.25, 0.3) is 0 Å². The Hall–Kier alpha value is -2.03. The van der Waals surface area contributed by atoms with Crippen molar-refractivity contribution in [3.63, 3.8) is 0 Å². The third kappa shape index (κ3) is 3.87. The van der Waals surface area contributed by atoms with E-state index in [9.17, 15) is 18.7 Å². The van der Waals surface area contributed by atoms with Gasteiger partial charge in [0.25, 0.3) is 11.3 Å². The highest BCUT2D eigenvalue weighted by molar-refractivity contribution is 7.99. The van der Waals surface area contributed by atoms with Gasteiger partial charge in [-0.2, -0.15) is 0 Å². The fourth-order valence-electron chi connectivity index (χ4n) is 2.78. The van der Waals surface area contributed by atoms with E-state index in [1.54, 1.807) is 18.2 Å². The Bertz CT molecular complexity index is 855. The van der Waals surface area contributed by atoms with Gasteiger partial charge in [-0.3, -0.25) is 8.86 Å². The first-order valence-corrected chi connectivity index (χ1v) is 9.96. The molecule has 2 atom stereocenters. The van der Waals surface area contributed by atoms with Gasteiger partial charge in [0, 0.05) is 0 Å². The summed E-state index contributed by atoms with van der Waals surface area (Å²) in [5, 5.41) is 9.55. The molecule has 2 aromatic rings. The second kappa shape index (κ2) is 7.69. The predicted molar refractivity (Wildman–Crippen MR) is 101 cm³/mol. The molecule has 0 amide bonds. The van der Waals surface area contributed by atoms with E-state index in [-0.39, 0.29) is 12.3 Å². The standard InChI is InChI=1S/C18H19NO5S2/c1-11(2)9-13(18(20)21)19(26(22)23)12-7-8-15-17(10-12)25-16-6-4-3-5-14(16)24-15/h3-8,10-11,13H,9H2,1-2H3,(H,20,21)(H,22,23). The summed E-state index contributed by atoms with van der Waals surface area (Å²) in [5.41, 5.74) is 0.369. The Balaban J connectivity index is 1.97. The first-order valence-electron chi connectivity index (χ1n) is 8.08. The van der Waals surface area contributed by atoms with Crippen LogP contribution >= 0.6 is 11.8 Å². The van der Waals surface area contributed by atoms with Crippen LogP contribution in [0.4, 0.5) is 5.69 Å². The van der Waals surface area contributed by atoms with Crippen molar-refractivity contribution in [2.45, 2.75) is 36.1 Å². The van der Waals surface area contributed by atoms with Crippen molar-refractivity contribution >= 4 is 34.7 Å². The Morgan fingerprint density at radius 2 is 1.88 bits per heavy atom. The number of carbonyl (C=O) groups is 1. The fraction of sp³-hybridized carbons (Fsp3) is 0.278. The second-order valence-corrected chi connectivity index (χ2v) is 8.26. The van der Waals surface area contributed by atoms with Crippen LogP contribution in [0.1, 0.15) is 20.3 Å². The molecule has 2 aromatic carbocycles. The molecule has 0 aromatic heterocycles. The predicted octanol–water partition coefficient (Wildman–Crippen LogP) is 4.39. The first kappa shape index (κ1) is 18.8. The quantitative estimate of drug-likeness (QED) is 0.604. The molecule has 0 bridgehead atoms. The van der Waals surface area contributed by atoms with E-state index in [0.29, 0.717) is 11.4 Å². The maximum absolute atomic E-state index is 11.9. The summed E-state index contributed by atoms with van der Waals surface area (Å²) in [5.74, 6) is 0.317. The number of nitrogens with zero attached hydrogens (tertiary/aromatic N) is 1. The highest BCUT2D eigenvalue weighted by atomic mass is 32.2.